The Bertz CT molecular complexity index is 595. The normalized spacial score (nSPS) is 16.0. The molecule has 0 aliphatic heterocycles. The van der Waals surface area contributed by atoms with Crippen molar-refractivity contribution in [1.82, 2.24) is 16.0 Å². The largest absolute Gasteiger partial charge is 0.481 e. The number of carboxylic acids is 2. The van der Waals surface area contributed by atoms with E-state index in [1.54, 1.807) is 13.8 Å². The Labute approximate surface area is 161 Å². The average Bonchev–Trinajstić information content (AvgIpc) is 2.61. The Morgan fingerprint density at radius 3 is 1.82 bits per heavy atom. The molecule has 0 rings (SSSR count). The van der Waals surface area contributed by atoms with Gasteiger partial charge in [0, 0.05) is 0 Å². The van der Waals surface area contributed by atoms with Gasteiger partial charge in [0.1, 0.15) is 18.1 Å². The van der Waals surface area contributed by atoms with Gasteiger partial charge >= 0.3 is 11.9 Å². The smallest absolute Gasteiger partial charge is 0.328 e. The number of nitrogens with one attached hydrogen (secondary N) is 3. The van der Waals surface area contributed by atoms with Crippen molar-refractivity contribution in [3.63, 3.8) is 0 Å². The Balaban J connectivity index is 5.42. The molecule has 0 aliphatic carbocycles. The predicted molar refractivity (Wildman–Crippen MR) is 95.9 cm³/mol. The van der Waals surface area contributed by atoms with Crippen molar-refractivity contribution in [1.29, 1.82) is 0 Å². The van der Waals surface area contributed by atoms with Crippen LogP contribution in [0.15, 0.2) is 0 Å². The zero-order chi connectivity index (χ0) is 22.0. The monoisotopic (exact) mass is 404 g/mol. The third kappa shape index (κ3) is 8.31. The van der Waals surface area contributed by atoms with Gasteiger partial charge in [-0.25, -0.2) is 4.79 Å². The minimum absolute atomic E-state index is 0.422. The molecule has 0 radical (unpaired) electrons. The summed E-state index contributed by atoms with van der Waals surface area (Å²) in [7, 11) is 0. The van der Waals surface area contributed by atoms with Crippen molar-refractivity contribution in [2.24, 2.45) is 11.7 Å². The van der Waals surface area contributed by atoms with Crippen LogP contribution in [0.2, 0.25) is 0 Å². The fourth-order valence-corrected chi connectivity index (χ4v) is 2.09. The molecule has 3 amide bonds. The van der Waals surface area contributed by atoms with Gasteiger partial charge in [0.05, 0.1) is 19.1 Å². The van der Waals surface area contributed by atoms with Crippen molar-refractivity contribution in [2.45, 2.75) is 57.8 Å². The number of carbonyl (C=O) groups excluding carboxylic acids is 3. The molecular formula is C16H28N4O8. The second-order valence-electron chi connectivity index (χ2n) is 6.40. The fraction of sp³-hybridized carbons (Fsp3) is 0.688. The lowest BCUT2D eigenvalue weighted by atomic mass is 9.97. The predicted octanol–water partition coefficient (Wildman–Crippen LogP) is -2.61. The Hall–Kier alpha value is -2.73. The highest BCUT2D eigenvalue weighted by atomic mass is 16.4. The fourth-order valence-electron chi connectivity index (χ4n) is 2.09. The van der Waals surface area contributed by atoms with Crippen LogP contribution in [0, 0.1) is 5.92 Å². The standard InChI is InChI=1S/C16H28N4O8/c1-4-7(2)12(15(26)19-10(6-21)16(27)28)20-14(25)9(5-11(22)23)18-13(24)8(3)17/h7-10,12,21H,4-6,17H2,1-3H3,(H,18,24)(H,19,26)(H,20,25)(H,22,23)(H,27,28). The van der Waals surface area contributed by atoms with Crippen molar-refractivity contribution >= 4 is 29.7 Å². The van der Waals surface area contributed by atoms with Crippen LogP contribution in [0.25, 0.3) is 0 Å². The van der Waals surface area contributed by atoms with Crippen LogP contribution in [0.3, 0.4) is 0 Å². The molecule has 160 valence electrons. The maximum Gasteiger partial charge on any atom is 0.328 e. The van der Waals surface area contributed by atoms with Gasteiger partial charge in [0.2, 0.25) is 17.7 Å². The highest BCUT2D eigenvalue weighted by molar-refractivity contribution is 5.95. The van der Waals surface area contributed by atoms with Crippen LogP contribution in [0.5, 0.6) is 0 Å². The molecule has 0 spiro atoms. The van der Waals surface area contributed by atoms with Crippen LogP contribution in [-0.4, -0.2) is 75.8 Å². The first-order valence-corrected chi connectivity index (χ1v) is 8.66. The van der Waals surface area contributed by atoms with Gasteiger partial charge in [-0.05, 0) is 12.8 Å². The van der Waals surface area contributed by atoms with E-state index in [2.05, 4.69) is 16.0 Å². The molecule has 0 fully saturated rings. The second kappa shape index (κ2) is 11.9. The number of hydrogen-bond donors (Lipinski definition) is 7. The summed E-state index contributed by atoms with van der Waals surface area (Å²) in [5.74, 6) is -5.83. The van der Waals surface area contributed by atoms with E-state index in [1.165, 1.54) is 6.92 Å². The summed E-state index contributed by atoms with van der Waals surface area (Å²) < 4.78 is 0. The summed E-state index contributed by atoms with van der Waals surface area (Å²) in [4.78, 5) is 58.6. The number of hydrogen-bond acceptors (Lipinski definition) is 7. The van der Waals surface area contributed by atoms with Gasteiger partial charge in [-0.1, -0.05) is 20.3 Å². The number of amides is 3. The number of aliphatic hydroxyl groups is 1. The minimum atomic E-state index is -1.57. The molecule has 0 aromatic rings. The van der Waals surface area contributed by atoms with Gasteiger partial charge in [-0.3, -0.25) is 19.2 Å². The molecule has 12 heteroatoms. The summed E-state index contributed by atoms with van der Waals surface area (Å²) in [6.07, 6.45) is -0.321. The second-order valence-corrected chi connectivity index (χ2v) is 6.40. The van der Waals surface area contributed by atoms with Gasteiger partial charge in [-0.15, -0.1) is 0 Å². The van der Waals surface area contributed by atoms with Crippen LogP contribution in [0.1, 0.15) is 33.6 Å². The summed E-state index contributed by atoms with van der Waals surface area (Å²) in [5, 5.41) is 33.6. The van der Waals surface area contributed by atoms with Crippen LogP contribution < -0.4 is 21.7 Å². The van der Waals surface area contributed by atoms with Crippen LogP contribution >= 0.6 is 0 Å². The maximum atomic E-state index is 12.5. The summed E-state index contributed by atoms with van der Waals surface area (Å²) in [6, 6.07) is -5.25. The molecule has 0 aromatic carbocycles. The molecule has 0 bridgehead atoms. The lowest BCUT2D eigenvalue weighted by Gasteiger charge is -2.27. The van der Waals surface area contributed by atoms with E-state index >= 15 is 0 Å². The van der Waals surface area contributed by atoms with Gasteiger partial charge in [-0.2, -0.15) is 0 Å². The van der Waals surface area contributed by atoms with Crippen LogP contribution in [0.4, 0.5) is 0 Å². The average molecular weight is 404 g/mol. The number of carboxylic acid groups (broad SMARTS) is 2. The van der Waals surface area contributed by atoms with E-state index in [9.17, 15) is 24.0 Å². The van der Waals surface area contributed by atoms with Gasteiger partial charge in [0.25, 0.3) is 0 Å². The lowest BCUT2D eigenvalue weighted by molar-refractivity contribution is -0.144. The molecule has 0 aromatic heterocycles. The summed E-state index contributed by atoms with van der Waals surface area (Å²) in [6.45, 7) is 3.84. The zero-order valence-corrected chi connectivity index (χ0v) is 16.0. The molecule has 0 heterocycles. The quantitative estimate of drug-likeness (QED) is 0.181. The first-order valence-electron chi connectivity index (χ1n) is 8.66. The molecule has 12 nitrogen and oxygen atoms in total. The topological polar surface area (TPSA) is 208 Å². The summed E-state index contributed by atoms with van der Waals surface area (Å²) >= 11 is 0. The summed E-state index contributed by atoms with van der Waals surface area (Å²) in [5.41, 5.74) is 5.40. The molecular weight excluding hydrogens is 376 g/mol. The molecule has 28 heavy (non-hydrogen) atoms. The molecule has 0 aliphatic rings. The molecule has 8 N–H and O–H groups in total. The highest BCUT2D eigenvalue weighted by Gasteiger charge is 2.33. The van der Waals surface area contributed by atoms with E-state index in [0.29, 0.717) is 6.42 Å². The Morgan fingerprint density at radius 1 is 0.893 bits per heavy atom. The first-order chi connectivity index (χ1) is 12.9. The molecule has 0 saturated heterocycles. The van der Waals surface area contributed by atoms with Crippen LogP contribution in [-0.2, 0) is 24.0 Å². The maximum absolute atomic E-state index is 12.5. The van der Waals surface area contributed by atoms with E-state index in [4.69, 9.17) is 21.1 Å². The molecule has 5 unspecified atom stereocenters. The zero-order valence-electron chi connectivity index (χ0n) is 16.0. The first kappa shape index (κ1) is 25.3. The van der Waals surface area contributed by atoms with Crippen molar-refractivity contribution in [2.75, 3.05) is 6.61 Å². The minimum Gasteiger partial charge on any atom is -0.481 e. The number of carbonyl (C=O) groups is 5. The van der Waals surface area contributed by atoms with E-state index in [1.807, 2.05) is 0 Å². The number of rotatable bonds is 12. The Morgan fingerprint density at radius 2 is 1.43 bits per heavy atom. The third-order valence-electron chi connectivity index (χ3n) is 4.02. The van der Waals surface area contributed by atoms with Crippen molar-refractivity contribution in [3.8, 4) is 0 Å². The lowest BCUT2D eigenvalue weighted by Crippen LogP contribution is -2.59. The number of aliphatic carboxylic acids is 2. The third-order valence-corrected chi connectivity index (χ3v) is 4.02. The van der Waals surface area contributed by atoms with Gasteiger partial charge < -0.3 is 37.0 Å². The van der Waals surface area contributed by atoms with E-state index in [0.717, 1.165) is 0 Å². The SMILES string of the molecule is CCC(C)C(NC(=O)C(CC(=O)O)NC(=O)C(C)N)C(=O)NC(CO)C(=O)O. The van der Waals surface area contributed by atoms with Crippen molar-refractivity contribution < 1.29 is 39.3 Å². The van der Waals surface area contributed by atoms with Gasteiger partial charge in [0.15, 0.2) is 0 Å². The van der Waals surface area contributed by atoms with Crippen molar-refractivity contribution in [3.05, 3.63) is 0 Å². The Kier molecular flexibility index (Phi) is 10.7. The highest BCUT2D eigenvalue weighted by Crippen LogP contribution is 2.09. The van der Waals surface area contributed by atoms with E-state index < -0.39 is 72.8 Å². The molecule has 0 saturated carbocycles. The molecule has 5 atom stereocenters. The van der Waals surface area contributed by atoms with E-state index in [-0.39, 0.29) is 0 Å². The number of aliphatic hydroxyl groups excluding tert-OH is 1. The number of nitrogens with two attached hydrogens (primary N) is 1.